The molecule has 0 radical (unpaired) electrons. The molecule has 5 rings (SSSR count). The van der Waals surface area contributed by atoms with E-state index in [-0.39, 0.29) is 11.5 Å². The lowest BCUT2D eigenvalue weighted by atomic mass is 9.83. The number of carbonyl (C=O) groups excluding carboxylic acids is 1. The van der Waals surface area contributed by atoms with Crippen molar-refractivity contribution in [3.05, 3.63) is 70.7 Å². The van der Waals surface area contributed by atoms with E-state index in [1.165, 1.54) is 0 Å². The Morgan fingerprint density at radius 3 is 2.68 bits per heavy atom. The topological polar surface area (TPSA) is 58.0 Å². The number of rotatable bonds is 6. The highest BCUT2D eigenvalue weighted by Crippen LogP contribution is 2.34. The average molecular weight is 463 g/mol. The molecule has 1 aromatic carbocycles. The van der Waals surface area contributed by atoms with Crippen LogP contribution >= 0.6 is 0 Å². The van der Waals surface area contributed by atoms with Gasteiger partial charge in [-0.1, -0.05) is 24.3 Å². The second kappa shape index (κ2) is 10.1. The summed E-state index contributed by atoms with van der Waals surface area (Å²) < 4.78 is 7.73. The number of aromatic nitrogens is 1. The number of piperidine rings is 1. The van der Waals surface area contributed by atoms with Crippen molar-refractivity contribution >= 4 is 11.6 Å². The zero-order valence-corrected chi connectivity index (χ0v) is 19.9. The van der Waals surface area contributed by atoms with E-state index >= 15 is 0 Å². The van der Waals surface area contributed by atoms with Crippen molar-refractivity contribution in [2.75, 3.05) is 57.3 Å². The Kier molecular flexibility index (Phi) is 6.72. The smallest absolute Gasteiger partial charge is 0.250 e. The normalized spacial score (nSPS) is 22.6. The number of fused-ring (bicyclic) bond motifs is 4. The predicted octanol–water partition coefficient (Wildman–Crippen LogP) is 2.57. The number of carbonyl (C=O) groups is 1. The van der Waals surface area contributed by atoms with Gasteiger partial charge in [0.15, 0.2) is 0 Å². The van der Waals surface area contributed by atoms with Crippen LogP contribution in [0.5, 0.6) is 5.75 Å². The Labute approximate surface area is 201 Å². The molecule has 0 N–H and O–H groups in total. The minimum absolute atomic E-state index is 0.0897. The molecule has 2 aromatic rings. The van der Waals surface area contributed by atoms with Crippen molar-refractivity contribution in [3.63, 3.8) is 0 Å². The zero-order valence-electron chi connectivity index (χ0n) is 19.9. The predicted molar refractivity (Wildman–Crippen MR) is 134 cm³/mol. The SMILES string of the molecule is CCOc1ccccc1N1CCN(C(=O)C=CCN2CC3CC(C2)c2cccc(=O)n2C3)CC1. The molecular formula is C27H34N4O3. The molecule has 7 heteroatoms. The molecule has 3 aliphatic heterocycles. The third-order valence-electron chi connectivity index (χ3n) is 7.28. The van der Waals surface area contributed by atoms with Crippen LogP contribution in [0.2, 0.25) is 0 Å². The summed E-state index contributed by atoms with van der Waals surface area (Å²) in [4.78, 5) is 31.7. The van der Waals surface area contributed by atoms with Crippen LogP contribution in [0.1, 0.15) is 25.0 Å². The van der Waals surface area contributed by atoms with Gasteiger partial charge in [0.05, 0.1) is 12.3 Å². The molecule has 2 saturated heterocycles. The molecule has 1 aromatic heterocycles. The maximum absolute atomic E-state index is 12.8. The van der Waals surface area contributed by atoms with Crippen LogP contribution in [0.15, 0.2) is 59.4 Å². The van der Waals surface area contributed by atoms with Gasteiger partial charge in [-0.2, -0.15) is 0 Å². The lowest BCUT2D eigenvalue weighted by Crippen LogP contribution is -2.48. The standard InChI is InChI=1S/C27H34N4O3/c1-2-34-25-9-4-3-7-24(25)29-13-15-30(16-14-29)26(32)11-6-12-28-18-21-17-22(20-28)23-8-5-10-27(33)31(23)19-21/h3-11,21-22H,2,12-20H2,1H3. The zero-order chi connectivity index (χ0) is 23.5. The number of pyridine rings is 1. The molecule has 2 unspecified atom stereocenters. The number of likely N-dealkylation sites (tertiary alicyclic amines) is 1. The molecule has 0 saturated carbocycles. The molecule has 3 aliphatic rings. The number of hydrogen-bond donors (Lipinski definition) is 0. The molecular weight excluding hydrogens is 428 g/mol. The fourth-order valence-electron chi connectivity index (χ4n) is 5.72. The third kappa shape index (κ3) is 4.75. The van der Waals surface area contributed by atoms with Gasteiger partial charge in [0.1, 0.15) is 5.75 Å². The summed E-state index contributed by atoms with van der Waals surface area (Å²) in [7, 11) is 0. The van der Waals surface area contributed by atoms with E-state index in [4.69, 9.17) is 4.74 Å². The molecule has 180 valence electrons. The Hall–Kier alpha value is -3.06. The summed E-state index contributed by atoms with van der Waals surface area (Å²) in [5.41, 5.74) is 2.39. The maximum atomic E-state index is 12.8. The van der Waals surface area contributed by atoms with Gasteiger partial charge in [-0.05, 0) is 37.5 Å². The van der Waals surface area contributed by atoms with Crippen LogP contribution < -0.4 is 15.2 Å². The van der Waals surface area contributed by atoms with Crippen molar-refractivity contribution in [3.8, 4) is 5.75 Å². The first-order valence-electron chi connectivity index (χ1n) is 12.5. The van der Waals surface area contributed by atoms with E-state index < -0.39 is 0 Å². The molecule has 1 amide bonds. The van der Waals surface area contributed by atoms with Crippen molar-refractivity contribution in [2.24, 2.45) is 5.92 Å². The highest BCUT2D eigenvalue weighted by molar-refractivity contribution is 5.87. The van der Waals surface area contributed by atoms with Gasteiger partial charge in [-0.25, -0.2) is 0 Å². The number of benzene rings is 1. The van der Waals surface area contributed by atoms with Crippen molar-refractivity contribution < 1.29 is 9.53 Å². The highest BCUT2D eigenvalue weighted by atomic mass is 16.5. The maximum Gasteiger partial charge on any atom is 0.250 e. The van der Waals surface area contributed by atoms with E-state index in [0.717, 1.165) is 62.8 Å². The van der Waals surface area contributed by atoms with Crippen LogP contribution in [-0.4, -0.2) is 72.7 Å². The summed E-state index contributed by atoms with van der Waals surface area (Å²) >= 11 is 0. The number of ether oxygens (including phenoxy) is 1. The first-order valence-corrected chi connectivity index (χ1v) is 12.5. The van der Waals surface area contributed by atoms with Gasteiger partial charge in [-0.3, -0.25) is 14.5 Å². The first-order chi connectivity index (χ1) is 16.6. The second-order valence-corrected chi connectivity index (χ2v) is 9.53. The van der Waals surface area contributed by atoms with Crippen molar-refractivity contribution in [1.82, 2.24) is 14.4 Å². The minimum atomic E-state index is 0.0897. The largest absolute Gasteiger partial charge is 0.492 e. The van der Waals surface area contributed by atoms with Crippen LogP contribution in [0.25, 0.3) is 0 Å². The first kappa shape index (κ1) is 22.7. The molecule has 2 atom stereocenters. The Bertz CT molecular complexity index is 1100. The van der Waals surface area contributed by atoms with Crippen LogP contribution in [0.4, 0.5) is 5.69 Å². The highest BCUT2D eigenvalue weighted by Gasteiger charge is 2.34. The van der Waals surface area contributed by atoms with Gasteiger partial charge < -0.3 is 19.1 Å². The molecule has 7 nitrogen and oxygen atoms in total. The van der Waals surface area contributed by atoms with Gasteiger partial charge in [-0.15, -0.1) is 0 Å². The summed E-state index contributed by atoms with van der Waals surface area (Å²) in [6, 6.07) is 13.7. The summed E-state index contributed by atoms with van der Waals surface area (Å²) in [5, 5.41) is 0. The van der Waals surface area contributed by atoms with E-state index in [0.29, 0.717) is 31.5 Å². The minimum Gasteiger partial charge on any atom is -0.492 e. The Morgan fingerprint density at radius 1 is 1.03 bits per heavy atom. The van der Waals surface area contributed by atoms with Gasteiger partial charge >= 0.3 is 0 Å². The monoisotopic (exact) mass is 462 g/mol. The van der Waals surface area contributed by atoms with Crippen molar-refractivity contribution in [2.45, 2.75) is 25.8 Å². The molecule has 2 fully saturated rings. The summed E-state index contributed by atoms with van der Waals surface area (Å²) in [6.07, 6.45) is 4.91. The third-order valence-corrected chi connectivity index (χ3v) is 7.28. The van der Waals surface area contributed by atoms with Crippen LogP contribution in [0.3, 0.4) is 0 Å². The quantitative estimate of drug-likeness (QED) is 0.618. The lowest BCUT2D eigenvalue weighted by molar-refractivity contribution is -0.126. The number of amides is 1. The van der Waals surface area contributed by atoms with Crippen LogP contribution in [-0.2, 0) is 11.3 Å². The van der Waals surface area contributed by atoms with E-state index in [9.17, 15) is 9.59 Å². The molecule has 4 heterocycles. The van der Waals surface area contributed by atoms with Gasteiger partial charge in [0.2, 0.25) is 5.91 Å². The van der Waals surface area contributed by atoms with Crippen molar-refractivity contribution in [1.29, 1.82) is 0 Å². The molecule has 2 bridgehead atoms. The van der Waals surface area contributed by atoms with E-state index in [1.807, 2.05) is 46.7 Å². The molecule has 34 heavy (non-hydrogen) atoms. The molecule has 0 spiro atoms. The van der Waals surface area contributed by atoms with Gasteiger partial charge in [0.25, 0.3) is 5.56 Å². The number of hydrogen-bond acceptors (Lipinski definition) is 5. The van der Waals surface area contributed by atoms with Gasteiger partial charge in [0, 0.05) is 76.1 Å². The summed E-state index contributed by atoms with van der Waals surface area (Å²) in [5.74, 6) is 1.90. The van der Waals surface area contributed by atoms with Crippen LogP contribution in [0, 0.1) is 5.92 Å². The Morgan fingerprint density at radius 2 is 1.85 bits per heavy atom. The van der Waals surface area contributed by atoms with E-state index in [1.54, 1.807) is 12.1 Å². The molecule has 0 aliphatic carbocycles. The number of anilines is 1. The fraction of sp³-hybridized carbons (Fsp3) is 0.481. The Balaban J connectivity index is 1.13. The average Bonchev–Trinajstić information content (AvgIpc) is 2.85. The number of para-hydroxylation sites is 2. The van der Waals surface area contributed by atoms with E-state index in [2.05, 4.69) is 21.9 Å². The lowest BCUT2D eigenvalue weighted by Gasteiger charge is -2.42. The fourth-order valence-corrected chi connectivity index (χ4v) is 5.72. The second-order valence-electron chi connectivity index (χ2n) is 9.53. The number of nitrogens with zero attached hydrogens (tertiary/aromatic N) is 4. The number of piperazine rings is 1. The summed E-state index contributed by atoms with van der Waals surface area (Å²) in [6.45, 7) is 9.17.